The maximum Gasteiger partial charge on any atom is 0.340 e. The minimum atomic E-state index is -5.07. The van der Waals surface area contributed by atoms with Gasteiger partial charge in [0.1, 0.15) is 17.1 Å². The van der Waals surface area contributed by atoms with E-state index in [1.165, 1.54) is 6.92 Å². The number of carbonyl (C=O) groups is 1. The first-order valence-corrected chi connectivity index (χ1v) is 5.47. The molecule has 1 N–H and O–H groups in total. The predicted molar refractivity (Wildman–Crippen MR) is 48.1 cm³/mol. The molecule has 7 heteroatoms. The molecule has 5 nitrogen and oxygen atoms in total. The molecule has 0 radical (unpaired) electrons. The molecule has 1 aromatic rings. The number of rotatable bonds is 3. The van der Waals surface area contributed by atoms with Gasteiger partial charge < -0.3 is 9.52 Å². The van der Waals surface area contributed by atoms with Gasteiger partial charge in [-0.2, -0.15) is 8.42 Å². The summed E-state index contributed by atoms with van der Waals surface area (Å²) < 4.78 is 39.3. The van der Waals surface area contributed by atoms with Crippen molar-refractivity contribution in [3.8, 4) is 0 Å². The fourth-order valence-electron chi connectivity index (χ4n) is 1.32. The number of aromatic carboxylic acids is 1. The average Bonchev–Trinajstić information content (AvgIpc) is 2.41. The van der Waals surface area contributed by atoms with E-state index >= 15 is 0 Å². The maximum atomic E-state index is 12.9. The summed E-state index contributed by atoms with van der Waals surface area (Å²) in [5, 5.41) is 8.73. The molecule has 0 spiro atoms. The van der Waals surface area contributed by atoms with E-state index in [0.29, 0.717) is 0 Å². The lowest BCUT2D eigenvalue weighted by Gasteiger charge is -1.95. The van der Waals surface area contributed by atoms with Crippen molar-refractivity contribution < 1.29 is 26.6 Å². The zero-order valence-corrected chi connectivity index (χ0v) is 8.89. The second-order valence-electron chi connectivity index (χ2n) is 2.88. The van der Waals surface area contributed by atoms with Gasteiger partial charge in [0.25, 0.3) is 0 Å². The highest BCUT2D eigenvalue weighted by molar-refractivity contribution is 7.86. The Balaban J connectivity index is 3.65. The number of halogens is 1. The molecule has 0 aromatic carbocycles. The van der Waals surface area contributed by atoms with E-state index in [1.807, 2.05) is 0 Å². The standard InChI is InChI=1S/C8H9FO5S/c1-3-5-7(15(9,12)13)6(8(10)11)4(2)14-5/h3H2,1-2H3,(H,10,11). The number of hydrogen-bond donors (Lipinski definition) is 1. The summed E-state index contributed by atoms with van der Waals surface area (Å²) >= 11 is 0. The first kappa shape index (κ1) is 11.7. The molecule has 0 saturated heterocycles. The highest BCUT2D eigenvalue weighted by Gasteiger charge is 2.31. The monoisotopic (exact) mass is 236 g/mol. The number of hydrogen-bond acceptors (Lipinski definition) is 4. The Morgan fingerprint density at radius 2 is 2.07 bits per heavy atom. The van der Waals surface area contributed by atoms with Crippen LogP contribution in [0, 0.1) is 6.92 Å². The van der Waals surface area contributed by atoms with E-state index in [4.69, 9.17) is 9.52 Å². The van der Waals surface area contributed by atoms with E-state index in [0.717, 1.165) is 0 Å². The second-order valence-corrected chi connectivity index (χ2v) is 4.17. The normalized spacial score (nSPS) is 11.7. The van der Waals surface area contributed by atoms with Crippen LogP contribution < -0.4 is 0 Å². The number of carboxylic acid groups (broad SMARTS) is 1. The van der Waals surface area contributed by atoms with Gasteiger partial charge in [0.15, 0.2) is 4.90 Å². The Kier molecular flexibility index (Phi) is 2.85. The van der Waals surface area contributed by atoms with Gasteiger partial charge in [-0.05, 0) is 6.92 Å². The molecule has 0 aliphatic heterocycles. The van der Waals surface area contributed by atoms with Crippen molar-refractivity contribution in [3.63, 3.8) is 0 Å². The van der Waals surface area contributed by atoms with Crippen molar-refractivity contribution in [2.24, 2.45) is 0 Å². The molecule has 1 aromatic heterocycles. The average molecular weight is 236 g/mol. The van der Waals surface area contributed by atoms with E-state index < -0.39 is 26.7 Å². The Bertz CT molecular complexity index is 499. The van der Waals surface area contributed by atoms with Crippen molar-refractivity contribution in [3.05, 3.63) is 17.1 Å². The number of furan rings is 1. The molecule has 0 aliphatic carbocycles. The molecule has 15 heavy (non-hydrogen) atoms. The Hall–Kier alpha value is -1.37. The molecule has 0 amide bonds. The van der Waals surface area contributed by atoms with Gasteiger partial charge in [-0.15, -0.1) is 3.89 Å². The van der Waals surface area contributed by atoms with Crippen molar-refractivity contribution in [1.82, 2.24) is 0 Å². The first-order valence-electron chi connectivity index (χ1n) is 4.09. The van der Waals surface area contributed by atoms with Crippen LogP contribution in [0.4, 0.5) is 3.89 Å². The minimum Gasteiger partial charge on any atom is -0.478 e. The Morgan fingerprint density at radius 1 is 1.53 bits per heavy atom. The van der Waals surface area contributed by atoms with Crippen LogP contribution in [0.25, 0.3) is 0 Å². The van der Waals surface area contributed by atoms with Gasteiger partial charge in [0, 0.05) is 6.42 Å². The van der Waals surface area contributed by atoms with E-state index in [9.17, 15) is 17.1 Å². The van der Waals surface area contributed by atoms with Gasteiger partial charge in [0.2, 0.25) is 0 Å². The van der Waals surface area contributed by atoms with Crippen LogP contribution in [0.2, 0.25) is 0 Å². The van der Waals surface area contributed by atoms with Crippen LogP contribution in [-0.2, 0) is 16.6 Å². The van der Waals surface area contributed by atoms with Gasteiger partial charge in [-0.25, -0.2) is 4.79 Å². The van der Waals surface area contributed by atoms with Crippen molar-refractivity contribution in [2.75, 3.05) is 0 Å². The summed E-state index contributed by atoms with van der Waals surface area (Å²) in [7, 11) is -5.07. The fraction of sp³-hybridized carbons (Fsp3) is 0.375. The summed E-state index contributed by atoms with van der Waals surface area (Å²) in [5.41, 5.74) is -0.630. The molecule has 0 saturated carbocycles. The topological polar surface area (TPSA) is 84.6 Å². The summed E-state index contributed by atoms with van der Waals surface area (Å²) in [6.45, 7) is 2.82. The Labute approximate surface area is 85.7 Å². The molecular weight excluding hydrogens is 227 g/mol. The zero-order chi connectivity index (χ0) is 11.8. The van der Waals surface area contributed by atoms with Crippen molar-refractivity contribution in [1.29, 1.82) is 0 Å². The van der Waals surface area contributed by atoms with E-state index in [1.54, 1.807) is 6.92 Å². The van der Waals surface area contributed by atoms with Crippen LogP contribution >= 0.6 is 0 Å². The third kappa shape index (κ3) is 2.01. The Morgan fingerprint density at radius 3 is 2.40 bits per heavy atom. The van der Waals surface area contributed by atoms with Crippen LogP contribution in [-0.4, -0.2) is 19.5 Å². The number of carboxylic acids is 1. The molecule has 1 rings (SSSR count). The second kappa shape index (κ2) is 3.65. The summed E-state index contributed by atoms with van der Waals surface area (Å²) in [6.07, 6.45) is 0.104. The van der Waals surface area contributed by atoms with Crippen molar-refractivity contribution in [2.45, 2.75) is 25.2 Å². The van der Waals surface area contributed by atoms with Gasteiger partial charge >= 0.3 is 16.2 Å². The van der Waals surface area contributed by atoms with Crippen LogP contribution in [0.15, 0.2) is 9.31 Å². The SMILES string of the molecule is CCc1oc(C)c(C(=O)O)c1S(=O)(=O)F. The predicted octanol–water partition coefficient (Wildman–Crippen LogP) is 1.51. The minimum absolute atomic E-state index is 0.104. The van der Waals surface area contributed by atoms with E-state index in [-0.39, 0.29) is 17.9 Å². The fourth-order valence-corrected chi connectivity index (χ4v) is 2.25. The molecule has 0 fully saturated rings. The first-order chi connectivity index (χ1) is 6.79. The molecule has 0 unspecified atom stereocenters. The third-order valence-electron chi connectivity index (χ3n) is 1.89. The lowest BCUT2D eigenvalue weighted by Crippen LogP contribution is -2.05. The van der Waals surface area contributed by atoms with Crippen LogP contribution in [0.3, 0.4) is 0 Å². The van der Waals surface area contributed by atoms with Gasteiger partial charge in [-0.1, -0.05) is 6.92 Å². The largest absolute Gasteiger partial charge is 0.478 e. The van der Waals surface area contributed by atoms with Gasteiger partial charge in [-0.3, -0.25) is 0 Å². The zero-order valence-electron chi connectivity index (χ0n) is 8.07. The molecule has 84 valence electrons. The van der Waals surface area contributed by atoms with E-state index in [2.05, 4.69) is 0 Å². The molecular formula is C8H9FO5S. The smallest absolute Gasteiger partial charge is 0.340 e. The quantitative estimate of drug-likeness (QED) is 0.804. The van der Waals surface area contributed by atoms with Crippen molar-refractivity contribution >= 4 is 16.2 Å². The summed E-state index contributed by atoms with van der Waals surface area (Å²) in [4.78, 5) is 9.86. The van der Waals surface area contributed by atoms with Crippen LogP contribution in [0.5, 0.6) is 0 Å². The lowest BCUT2D eigenvalue weighted by molar-refractivity contribution is 0.0691. The maximum absolute atomic E-state index is 12.9. The third-order valence-corrected chi connectivity index (χ3v) is 2.81. The molecule has 0 aliphatic rings. The molecule has 0 bridgehead atoms. The van der Waals surface area contributed by atoms with Crippen LogP contribution in [0.1, 0.15) is 28.8 Å². The highest BCUT2D eigenvalue weighted by Crippen LogP contribution is 2.28. The molecule has 1 heterocycles. The highest BCUT2D eigenvalue weighted by atomic mass is 32.3. The summed E-state index contributed by atoms with van der Waals surface area (Å²) in [6, 6.07) is 0. The molecule has 0 atom stereocenters. The number of aryl methyl sites for hydroxylation is 2. The summed E-state index contributed by atoms with van der Waals surface area (Å²) in [5.74, 6) is -1.81. The van der Waals surface area contributed by atoms with Gasteiger partial charge in [0.05, 0.1) is 0 Å². The lowest BCUT2D eigenvalue weighted by atomic mass is 10.2.